The molecule has 0 saturated carbocycles. The monoisotopic (exact) mass is 262 g/mol. The van der Waals surface area contributed by atoms with E-state index >= 15 is 0 Å². The summed E-state index contributed by atoms with van der Waals surface area (Å²) >= 11 is 0. The fourth-order valence-electron chi connectivity index (χ4n) is 3.20. The van der Waals surface area contributed by atoms with Gasteiger partial charge in [0.15, 0.2) is 0 Å². The number of benzene rings is 1. The Labute approximate surface area is 114 Å². The lowest BCUT2D eigenvalue weighted by Crippen LogP contribution is -2.43. The SMILES string of the molecule is CN(C)C1CCN(C2COc3cc(O)ccc32)CC1. The largest absolute Gasteiger partial charge is 0.508 e. The number of ether oxygens (including phenoxy) is 1. The van der Waals surface area contributed by atoms with Crippen molar-refractivity contribution in [2.24, 2.45) is 0 Å². The van der Waals surface area contributed by atoms with Crippen molar-refractivity contribution in [3.05, 3.63) is 23.8 Å². The molecule has 1 fully saturated rings. The van der Waals surface area contributed by atoms with Crippen molar-refractivity contribution in [2.75, 3.05) is 33.8 Å². The molecular weight excluding hydrogens is 240 g/mol. The zero-order valence-corrected chi connectivity index (χ0v) is 11.7. The third kappa shape index (κ3) is 2.42. The first-order chi connectivity index (χ1) is 9.15. The zero-order valence-electron chi connectivity index (χ0n) is 11.7. The molecule has 1 atom stereocenters. The highest BCUT2D eigenvalue weighted by Crippen LogP contribution is 2.39. The number of rotatable bonds is 2. The summed E-state index contributed by atoms with van der Waals surface area (Å²) < 4.78 is 5.71. The molecule has 19 heavy (non-hydrogen) atoms. The Bertz CT molecular complexity index is 453. The van der Waals surface area contributed by atoms with Crippen LogP contribution in [0.5, 0.6) is 11.5 Å². The van der Waals surface area contributed by atoms with E-state index in [1.165, 1.54) is 18.4 Å². The summed E-state index contributed by atoms with van der Waals surface area (Å²) in [5, 5.41) is 9.49. The molecule has 3 rings (SSSR count). The molecule has 1 saturated heterocycles. The Balaban J connectivity index is 1.70. The van der Waals surface area contributed by atoms with Gasteiger partial charge in [-0.3, -0.25) is 4.90 Å². The van der Waals surface area contributed by atoms with E-state index in [0.29, 0.717) is 18.7 Å². The maximum atomic E-state index is 9.49. The number of aromatic hydroxyl groups is 1. The van der Waals surface area contributed by atoms with Crippen molar-refractivity contribution in [2.45, 2.75) is 24.9 Å². The van der Waals surface area contributed by atoms with Crippen molar-refractivity contribution in [1.82, 2.24) is 9.80 Å². The predicted molar refractivity (Wildman–Crippen MR) is 74.6 cm³/mol. The second kappa shape index (κ2) is 5.02. The van der Waals surface area contributed by atoms with Crippen LogP contribution in [0, 0.1) is 0 Å². The molecule has 0 bridgehead atoms. The van der Waals surface area contributed by atoms with Gasteiger partial charge in [-0.2, -0.15) is 0 Å². The molecule has 0 aromatic heterocycles. The highest BCUT2D eigenvalue weighted by molar-refractivity contribution is 5.44. The number of phenols is 1. The van der Waals surface area contributed by atoms with Gasteiger partial charge in [0.05, 0.1) is 6.04 Å². The van der Waals surface area contributed by atoms with E-state index in [1.807, 2.05) is 6.07 Å². The number of phenolic OH excluding ortho intramolecular Hbond substituents is 1. The molecule has 0 spiro atoms. The van der Waals surface area contributed by atoms with Gasteiger partial charge in [0.2, 0.25) is 0 Å². The Morgan fingerprint density at radius 1 is 1.26 bits per heavy atom. The van der Waals surface area contributed by atoms with Crippen LogP contribution in [0.3, 0.4) is 0 Å². The Kier molecular flexibility index (Phi) is 3.37. The molecule has 4 nitrogen and oxygen atoms in total. The summed E-state index contributed by atoms with van der Waals surface area (Å²) in [6, 6.07) is 6.55. The molecule has 4 heteroatoms. The summed E-state index contributed by atoms with van der Waals surface area (Å²) in [5.41, 5.74) is 1.22. The number of piperidine rings is 1. The lowest BCUT2D eigenvalue weighted by molar-refractivity contribution is 0.0956. The first-order valence-electron chi connectivity index (χ1n) is 7.01. The lowest BCUT2D eigenvalue weighted by atomic mass is 9.99. The fraction of sp³-hybridized carbons (Fsp3) is 0.600. The summed E-state index contributed by atoms with van der Waals surface area (Å²) in [5.74, 6) is 1.13. The number of hydrogen-bond donors (Lipinski definition) is 1. The van der Waals surface area contributed by atoms with Crippen molar-refractivity contribution < 1.29 is 9.84 Å². The van der Waals surface area contributed by atoms with E-state index in [1.54, 1.807) is 12.1 Å². The van der Waals surface area contributed by atoms with E-state index in [9.17, 15) is 5.11 Å². The molecule has 2 heterocycles. The van der Waals surface area contributed by atoms with Crippen molar-refractivity contribution in [1.29, 1.82) is 0 Å². The molecule has 1 aromatic carbocycles. The maximum absolute atomic E-state index is 9.49. The first-order valence-corrected chi connectivity index (χ1v) is 7.01. The van der Waals surface area contributed by atoms with Gasteiger partial charge in [-0.25, -0.2) is 0 Å². The molecule has 2 aliphatic heterocycles. The predicted octanol–water partition coefficient (Wildman–Crippen LogP) is 1.85. The number of fused-ring (bicyclic) bond motifs is 1. The second-order valence-electron chi connectivity index (χ2n) is 5.78. The van der Waals surface area contributed by atoms with E-state index < -0.39 is 0 Å². The standard InChI is InChI=1S/C15H22N2O2/c1-16(2)11-5-7-17(8-6-11)14-10-19-15-9-12(18)3-4-13(14)15/h3-4,9,11,14,18H,5-8,10H2,1-2H3. The van der Waals surface area contributed by atoms with Crippen LogP contribution in [-0.2, 0) is 0 Å². The average molecular weight is 262 g/mol. The van der Waals surface area contributed by atoms with Gasteiger partial charge >= 0.3 is 0 Å². The van der Waals surface area contributed by atoms with Crippen LogP contribution in [0.1, 0.15) is 24.4 Å². The van der Waals surface area contributed by atoms with Gasteiger partial charge in [0, 0.05) is 30.8 Å². The van der Waals surface area contributed by atoms with Crippen LogP contribution >= 0.6 is 0 Å². The van der Waals surface area contributed by atoms with E-state index in [4.69, 9.17) is 4.74 Å². The molecule has 0 amide bonds. The topological polar surface area (TPSA) is 35.9 Å². The normalized spacial score (nSPS) is 24.5. The smallest absolute Gasteiger partial charge is 0.127 e. The average Bonchev–Trinajstić information content (AvgIpc) is 2.81. The van der Waals surface area contributed by atoms with Gasteiger partial charge in [0.25, 0.3) is 0 Å². The Morgan fingerprint density at radius 3 is 2.68 bits per heavy atom. The number of likely N-dealkylation sites (tertiary alicyclic amines) is 1. The fourth-order valence-corrected chi connectivity index (χ4v) is 3.20. The van der Waals surface area contributed by atoms with E-state index in [-0.39, 0.29) is 5.75 Å². The number of nitrogens with zero attached hydrogens (tertiary/aromatic N) is 2. The molecule has 1 unspecified atom stereocenters. The van der Waals surface area contributed by atoms with Gasteiger partial charge in [-0.15, -0.1) is 0 Å². The van der Waals surface area contributed by atoms with Crippen LogP contribution in [0.25, 0.3) is 0 Å². The number of hydrogen-bond acceptors (Lipinski definition) is 4. The highest BCUT2D eigenvalue weighted by Gasteiger charge is 2.32. The van der Waals surface area contributed by atoms with Gasteiger partial charge < -0.3 is 14.7 Å². The molecule has 104 valence electrons. The van der Waals surface area contributed by atoms with Gasteiger partial charge in [0.1, 0.15) is 18.1 Å². The molecule has 1 N–H and O–H groups in total. The quantitative estimate of drug-likeness (QED) is 0.882. The maximum Gasteiger partial charge on any atom is 0.127 e. The summed E-state index contributed by atoms with van der Waals surface area (Å²) in [7, 11) is 4.33. The second-order valence-corrected chi connectivity index (χ2v) is 5.78. The van der Waals surface area contributed by atoms with Gasteiger partial charge in [-0.1, -0.05) is 0 Å². The molecule has 0 aliphatic carbocycles. The minimum atomic E-state index is 0.283. The van der Waals surface area contributed by atoms with E-state index in [0.717, 1.165) is 18.8 Å². The Morgan fingerprint density at radius 2 is 2.00 bits per heavy atom. The Hall–Kier alpha value is -1.26. The molecular formula is C15H22N2O2. The minimum absolute atomic E-state index is 0.283. The first kappa shape index (κ1) is 12.8. The third-order valence-corrected chi connectivity index (χ3v) is 4.42. The summed E-state index contributed by atoms with van der Waals surface area (Å²) in [4.78, 5) is 4.84. The molecule has 1 aromatic rings. The van der Waals surface area contributed by atoms with Crippen LogP contribution in [0.2, 0.25) is 0 Å². The van der Waals surface area contributed by atoms with Gasteiger partial charge in [-0.05, 0) is 39.1 Å². The van der Waals surface area contributed by atoms with Crippen LogP contribution in [-0.4, -0.2) is 54.7 Å². The highest BCUT2D eigenvalue weighted by atomic mass is 16.5. The van der Waals surface area contributed by atoms with Crippen LogP contribution < -0.4 is 4.74 Å². The lowest BCUT2D eigenvalue weighted by Gasteiger charge is -2.37. The molecule has 2 aliphatic rings. The van der Waals surface area contributed by atoms with Crippen LogP contribution in [0.4, 0.5) is 0 Å². The summed E-state index contributed by atoms with van der Waals surface area (Å²) in [6.45, 7) is 2.96. The minimum Gasteiger partial charge on any atom is -0.508 e. The van der Waals surface area contributed by atoms with Crippen molar-refractivity contribution in [3.8, 4) is 11.5 Å². The van der Waals surface area contributed by atoms with E-state index in [2.05, 4.69) is 23.9 Å². The summed E-state index contributed by atoms with van der Waals surface area (Å²) in [6.07, 6.45) is 2.44. The molecule has 0 radical (unpaired) electrons. The van der Waals surface area contributed by atoms with Crippen molar-refractivity contribution in [3.63, 3.8) is 0 Å². The van der Waals surface area contributed by atoms with Crippen LogP contribution in [0.15, 0.2) is 18.2 Å². The third-order valence-electron chi connectivity index (χ3n) is 4.42. The van der Waals surface area contributed by atoms with Crippen molar-refractivity contribution >= 4 is 0 Å². The zero-order chi connectivity index (χ0) is 13.4.